The molecule has 172 valence electrons. The van der Waals surface area contributed by atoms with Gasteiger partial charge < -0.3 is 20.5 Å². The molecular formula is C24H27N5O4. The summed E-state index contributed by atoms with van der Waals surface area (Å²) < 4.78 is 13.9. The normalized spacial score (nSPS) is 18.0. The molecule has 2 fully saturated rings. The van der Waals surface area contributed by atoms with Crippen molar-refractivity contribution in [2.24, 2.45) is 5.73 Å². The highest BCUT2D eigenvalue weighted by Crippen LogP contribution is 2.39. The predicted octanol–water partition coefficient (Wildman–Crippen LogP) is 2.98. The molecule has 3 N–H and O–H groups in total. The minimum Gasteiger partial charge on any atom is -0.490 e. The number of nitrogens with zero attached hydrogens (tertiary/aromatic N) is 3. The van der Waals surface area contributed by atoms with Gasteiger partial charge in [-0.1, -0.05) is 0 Å². The lowest BCUT2D eigenvalue weighted by atomic mass is 9.99. The molecule has 2 amide bonds. The van der Waals surface area contributed by atoms with Crippen molar-refractivity contribution in [3.8, 4) is 22.8 Å². The number of ether oxygens (including phenoxy) is 2. The van der Waals surface area contributed by atoms with E-state index in [1.807, 2.05) is 30.9 Å². The summed E-state index contributed by atoms with van der Waals surface area (Å²) in [5.41, 5.74) is 7.73. The average Bonchev–Trinajstić information content (AvgIpc) is 3.35. The smallest absolute Gasteiger partial charge is 0.252 e. The maximum Gasteiger partial charge on any atom is 0.252 e. The Morgan fingerprint density at radius 2 is 2.06 bits per heavy atom. The van der Waals surface area contributed by atoms with Crippen molar-refractivity contribution in [1.29, 1.82) is 0 Å². The first-order valence-electron chi connectivity index (χ1n) is 11.3. The van der Waals surface area contributed by atoms with Gasteiger partial charge in [0.05, 0.1) is 29.9 Å². The molecule has 1 saturated carbocycles. The zero-order valence-electron chi connectivity index (χ0n) is 18.7. The molecule has 1 unspecified atom stereocenters. The Morgan fingerprint density at radius 1 is 1.24 bits per heavy atom. The van der Waals surface area contributed by atoms with Gasteiger partial charge in [-0.25, -0.2) is 4.98 Å². The van der Waals surface area contributed by atoms with E-state index in [0.717, 1.165) is 35.8 Å². The zero-order valence-corrected chi connectivity index (χ0v) is 18.7. The van der Waals surface area contributed by atoms with Crippen LogP contribution in [0.25, 0.3) is 21.9 Å². The number of pyridine rings is 1. The Morgan fingerprint density at radius 3 is 2.73 bits per heavy atom. The maximum atomic E-state index is 12.3. The van der Waals surface area contributed by atoms with Crippen LogP contribution in [0.15, 0.2) is 30.7 Å². The summed E-state index contributed by atoms with van der Waals surface area (Å²) in [6.45, 7) is 4.08. The summed E-state index contributed by atoms with van der Waals surface area (Å²) in [5, 5.41) is 8.88. The quantitative estimate of drug-likeness (QED) is 0.545. The fourth-order valence-electron chi connectivity index (χ4n) is 4.13. The molecular weight excluding hydrogens is 422 g/mol. The SMILES string of the molecule is CC(C)Oc1cc2c(OCC3CCC(=O)N3)ncc(-c3cnn(C4CC4)c3)c2cc1C(N)=O. The topological polar surface area (TPSA) is 121 Å². The van der Waals surface area contributed by atoms with Crippen LogP contribution in [0, 0.1) is 0 Å². The van der Waals surface area contributed by atoms with Gasteiger partial charge in [0.1, 0.15) is 12.4 Å². The standard InChI is InChI=1S/C24H27N5O4/c1-13(2)33-21-8-18-17(7-19(21)23(25)31)20(14-9-27-29(11-14)16-4-5-16)10-26-24(18)32-12-15-3-6-22(30)28-15/h7-11,13,15-16H,3-6,12H2,1-2H3,(H2,25,31)(H,28,30). The van der Waals surface area contributed by atoms with Crippen molar-refractivity contribution in [3.63, 3.8) is 0 Å². The van der Waals surface area contributed by atoms with E-state index in [1.54, 1.807) is 18.3 Å². The number of hydrogen-bond donors (Lipinski definition) is 2. The lowest BCUT2D eigenvalue weighted by Gasteiger charge is -2.18. The lowest BCUT2D eigenvalue weighted by Crippen LogP contribution is -2.31. The molecule has 3 heterocycles. The maximum absolute atomic E-state index is 12.3. The van der Waals surface area contributed by atoms with Crippen molar-refractivity contribution >= 4 is 22.6 Å². The van der Waals surface area contributed by atoms with Crippen molar-refractivity contribution in [3.05, 3.63) is 36.3 Å². The van der Waals surface area contributed by atoms with E-state index in [9.17, 15) is 9.59 Å². The number of aromatic nitrogens is 3. The van der Waals surface area contributed by atoms with Gasteiger partial charge in [-0.3, -0.25) is 14.3 Å². The highest BCUT2D eigenvalue weighted by molar-refractivity contribution is 6.06. The molecule has 9 heteroatoms. The Bertz CT molecular complexity index is 1230. The first-order chi connectivity index (χ1) is 15.9. The van der Waals surface area contributed by atoms with E-state index in [-0.39, 0.29) is 18.1 Å². The summed E-state index contributed by atoms with van der Waals surface area (Å²) in [6, 6.07) is 3.90. The van der Waals surface area contributed by atoms with Crippen LogP contribution >= 0.6 is 0 Å². The minimum atomic E-state index is -0.569. The highest BCUT2D eigenvalue weighted by atomic mass is 16.5. The van der Waals surface area contributed by atoms with Crippen LogP contribution in [-0.4, -0.2) is 45.3 Å². The van der Waals surface area contributed by atoms with Gasteiger partial charge in [-0.05, 0) is 50.6 Å². The Labute approximate surface area is 191 Å². The Balaban J connectivity index is 1.60. The van der Waals surface area contributed by atoms with E-state index >= 15 is 0 Å². The van der Waals surface area contributed by atoms with E-state index in [1.165, 1.54) is 0 Å². The summed E-state index contributed by atoms with van der Waals surface area (Å²) in [7, 11) is 0. The van der Waals surface area contributed by atoms with Crippen LogP contribution in [0.2, 0.25) is 0 Å². The fraction of sp³-hybridized carbons (Fsp3) is 0.417. The third kappa shape index (κ3) is 4.35. The summed E-state index contributed by atoms with van der Waals surface area (Å²) in [4.78, 5) is 28.4. The fourth-order valence-corrected chi connectivity index (χ4v) is 4.13. The highest BCUT2D eigenvalue weighted by Gasteiger charge is 2.26. The van der Waals surface area contributed by atoms with Crippen molar-refractivity contribution in [2.45, 2.75) is 57.7 Å². The molecule has 2 aromatic heterocycles. The molecule has 2 aliphatic rings. The molecule has 1 aliphatic carbocycles. The third-order valence-electron chi connectivity index (χ3n) is 5.92. The number of carbonyl (C=O) groups excluding carboxylic acids is 2. The molecule has 1 aromatic carbocycles. The molecule has 1 aliphatic heterocycles. The lowest BCUT2D eigenvalue weighted by molar-refractivity contribution is -0.119. The number of rotatable bonds is 8. The first kappa shape index (κ1) is 21.2. The van der Waals surface area contributed by atoms with E-state index in [0.29, 0.717) is 41.6 Å². The molecule has 0 radical (unpaired) electrons. The van der Waals surface area contributed by atoms with Crippen molar-refractivity contribution in [2.75, 3.05) is 6.61 Å². The van der Waals surface area contributed by atoms with Gasteiger partial charge in [-0.15, -0.1) is 0 Å². The predicted molar refractivity (Wildman–Crippen MR) is 122 cm³/mol. The van der Waals surface area contributed by atoms with Gasteiger partial charge >= 0.3 is 0 Å². The first-order valence-corrected chi connectivity index (χ1v) is 11.3. The second kappa shape index (κ2) is 8.38. The average molecular weight is 450 g/mol. The number of hydrogen-bond acceptors (Lipinski definition) is 6. The molecule has 5 rings (SSSR count). The molecule has 1 saturated heterocycles. The largest absolute Gasteiger partial charge is 0.490 e. The number of fused-ring (bicyclic) bond motifs is 1. The molecule has 33 heavy (non-hydrogen) atoms. The van der Waals surface area contributed by atoms with Crippen molar-refractivity contribution < 1.29 is 19.1 Å². The zero-order chi connectivity index (χ0) is 23.1. The number of amides is 2. The van der Waals surface area contributed by atoms with Crippen LogP contribution in [0.1, 0.15) is 55.9 Å². The molecule has 0 spiro atoms. The number of nitrogens with one attached hydrogen (secondary N) is 1. The molecule has 1 atom stereocenters. The van der Waals surface area contributed by atoms with Gasteiger partial charge in [0.15, 0.2) is 0 Å². The molecule has 9 nitrogen and oxygen atoms in total. The van der Waals surface area contributed by atoms with E-state index in [4.69, 9.17) is 15.2 Å². The second-order valence-corrected chi connectivity index (χ2v) is 8.96. The number of carbonyl (C=O) groups is 2. The van der Waals surface area contributed by atoms with Crippen LogP contribution in [0.5, 0.6) is 11.6 Å². The van der Waals surface area contributed by atoms with Crippen LogP contribution in [-0.2, 0) is 4.79 Å². The molecule has 0 bridgehead atoms. The van der Waals surface area contributed by atoms with Gasteiger partial charge in [0.2, 0.25) is 11.8 Å². The monoisotopic (exact) mass is 449 g/mol. The van der Waals surface area contributed by atoms with Gasteiger partial charge in [0, 0.05) is 35.3 Å². The van der Waals surface area contributed by atoms with Gasteiger partial charge in [0.25, 0.3) is 5.91 Å². The summed E-state index contributed by atoms with van der Waals surface area (Å²) in [6.07, 6.45) is 8.89. The minimum absolute atomic E-state index is 0.0307. The Hall–Kier alpha value is -3.62. The van der Waals surface area contributed by atoms with Crippen molar-refractivity contribution in [1.82, 2.24) is 20.1 Å². The van der Waals surface area contributed by atoms with Crippen LogP contribution in [0.3, 0.4) is 0 Å². The Kier molecular flexibility index (Phi) is 5.39. The van der Waals surface area contributed by atoms with Crippen LogP contribution < -0.4 is 20.5 Å². The number of nitrogens with two attached hydrogens (primary N) is 1. The van der Waals surface area contributed by atoms with Gasteiger partial charge in [-0.2, -0.15) is 5.10 Å². The second-order valence-electron chi connectivity index (χ2n) is 8.96. The number of primary amides is 1. The van der Waals surface area contributed by atoms with E-state index in [2.05, 4.69) is 15.4 Å². The molecule has 3 aromatic rings. The third-order valence-corrected chi connectivity index (χ3v) is 5.92. The summed E-state index contributed by atoms with van der Waals surface area (Å²) >= 11 is 0. The van der Waals surface area contributed by atoms with Crippen LogP contribution in [0.4, 0.5) is 0 Å². The number of benzene rings is 1. The summed E-state index contributed by atoms with van der Waals surface area (Å²) in [5.74, 6) is 0.258. The van der Waals surface area contributed by atoms with E-state index < -0.39 is 5.91 Å².